The number of rotatable bonds is 1. The molecule has 8 heavy (non-hydrogen) atoms. The van der Waals surface area contributed by atoms with E-state index in [1.54, 1.807) is 0 Å². The second kappa shape index (κ2) is 1.47. The van der Waals surface area contributed by atoms with Gasteiger partial charge in [-0.05, 0) is 18.8 Å². The summed E-state index contributed by atoms with van der Waals surface area (Å²) in [5.74, 6) is 0.996. The normalized spacial score (nSPS) is 32.6. The standard InChI is InChI=1S/C7H13N/c1-6-4-8(5-6)7-2-3-7/h6-7H,2-5H2,1H3. The molecule has 0 aromatic heterocycles. The average Bonchev–Trinajstić information content (AvgIpc) is 2.37. The van der Waals surface area contributed by atoms with Gasteiger partial charge in [0, 0.05) is 19.1 Å². The van der Waals surface area contributed by atoms with Gasteiger partial charge in [-0.15, -0.1) is 0 Å². The summed E-state index contributed by atoms with van der Waals surface area (Å²) >= 11 is 0. The topological polar surface area (TPSA) is 3.24 Å². The van der Waals surface area contributed by atoms with Gasteiger partial charge in [-0.2, -0.15) is 0 Å². The van der Waals surface area contributed by atoms with Crippen molar-refractivity contribution in [3.8, 4) is 0 Å². The van der Waals surface area contributed by atoms with E-state index in [1.165, 1.54) is 25.9 Å². The molecule has 46 valence electrons. The summed E-state index contributed by atoms with van der Waals surface area (Å²) in [7, 11) is 0. The maximum atomic E-state index is 2.60. The third-order valence-corrected chi connectivity index (χ3v) is 2.16. The molecule has 1 saturated heterocycles. The minimum absolute atomic E-state index is 0.996. The fraction of sp³-hybridized carbons (Fsp3) is 1.00. The zero-order valence-corrected chi connectivity index (χ0v) is 5.43. The highest BCUT2D eigenvalue weighted by Gasteiger charge is 2.35. The van der Waals surface area contributed by atoms with Gasteiger partial charge in [0.05, 0.1) is 0 Å². The molecule has 1 heterocycles. The highest BCUT2D eigenvalue weighted by molar-refractivity contribution is 4.90. The van der Waals surface area contributed by atoms with Crippen molar-refractivity contribution in [1.82, 2.24) is 4.90 Å². The maximum absolute atomic E-state index is 2.60. The summed E-state index contributed by atoms with van der Waals surface area (Å²) in [5, 5.41) is 0. The first-order valence-electron chi connectivity index (χ1n) is 3.60. The van der Waals surface area contributed by atoms with Gasteiger partial charge >= 0.3 is 0 Å². The predicted octanol–water partition coefficient (Wildman–Crippen LogP) is 1.10. The largest absolute Gasteiger partial charge is 0.300 e. The summed E-state index contributed by atoms with van der Waals surface area (Å²) in [5.41, 5.74) is 0. The summed E-state index contributed by atoms with van der Waals surface area (Å²) in [6, 6.07) is 1.02. The van der Waals surface area contributed by atoms with E-state index in [1.807, 2.05) is 0 Å². The Morgan fingerprint density at radius 2 is 1.88 bits per heavy atom. The van der Waals surface area contributed by atoms with Crippen LogP contribution in [0.2, 0.25) is 0 Å². The third kappa shape index (κ3) is 0.655. The first-order valence-corrected chi connectivity index (χ1v) is 3.60. The molecule has 0 amide bonds. The molecular formula is C7H13N. The Labute approximate surface area is 50.7 Å². The predicted molar refractivity (Wildman–Crippen MR) is 33.8 cm³/mol. The maximum Gasteiger partial charge on any atom is 0.00966 e. The summed E-state index contributed by atoms with van der Waals surface area (Å²) in [6.07, 6.45) is 2.96. The molecule has 0 bridgehead atoms. The number of hydrogen-bond acceptors (Lipinski definition) is 1. The van der Waals surface area contributed by atoms with Crippen molar-refractivity contribution in [2.75, 3.05) is 13.1 Å². The van der Waals surface area contributed by atoms with Crippen LogP contribution in [0.4, 0.5) is 0 Å². The van der Waals surface area contributed by atoms with Crippen LogP contribution in [0.15, 0.2) is 0 Å². The minimum Gasteiger partial charge on any atom is -0.300 e. The summed E-state index contributed by atoms with van der Waals surface area (Å²) in [6.45, 7) is 5.09. The van der Waals surface area contributed by atoms with Gasteiger partial charge in [-0.3, -0.25) is 4.90 Å². The Hall–Kier alpha value is -0.0400. The molecular weight excluding hydrogens is 98.1 g/mol. The quantitative estimate of drug-likeness (QED) is 0.490. The molecule has 0 aromatic carbocycles. The van der Waals surface area contributed by atoms with Crippen LogP contribution in [0.3, 0.4) is 0 Å². The lowest BCUT2D eigenvalue weighted by molar-refractivity contribution is 0.104. The fourth-order valence-corrected chi connectivity index (χ4v) is 1.49. The minimum atomic E-state index is 0.996. The van der Waals surface area contributed by atoms with Crippen LogP contribution in [-0.4, -0.2) is 24.0 Å². The number of hydrogen-bond donors (Lipinski definition) is 0. The van der Waals surface area contributed by atoms with Crippen molar-refractivity contribution >= 4 is 0 Å². The second-order valence-electron chi connectivity index (χ2n) is 3.29. The molecule has 0 radical (unpaired) electrons. The Balaban J connectivity index is 1.78. The van der Waals surface area contributed by atoms with Crippen molar-refractivity contribution in [1.29, 1.82) is 0 Å². The van der Waals surface area contributed by atoms with E-state index in [0.717, 1.165) is 12.0 Å². The zero-order valence-electron chi connectivity index (χ0n) is 5.43. The molecule has 2 rings (SSSR count). The van der Waals surface area contributed by atoms with Gasteiger partial charge in [-0.25, -0.2) is 0 Å². The monoisotopic (exact) mass is 111 g/mol. The van der Waals surface area contributed by atoms with Gasteiger partial charge in [0.15, 0.2) is 0 Å². The van der Waals surface area contributed by atoms with Crippen LogP contribution >= 0.6 is 0 Å². The van der Waals surface area contributed by atoms with Crippen LogP contribution in [0.5, 0.6) is 0 Å². The Kier molecular flexibility index (Phi) is 0.884. The number of nitrogens with zero attached hydrogens (tertiary/aromatic N) is 1. The second-order valence-corrected chi connectivity index (χ2v) is 3.29. The first kappa shape index (κ1) is 4.80. The lowest BCUT2D eigenvalue weighted by Crippen LogP contribution is -2.46. The number of likely N-dealkylation sites (tertiary alicyclic amines) is 1. The smallest absolute Gasteiger partial charge is 0.00966 e. The van der Waals surface area contributed by atoms with Crippen LogP contribution in [0.1, 0.15) is 19.8 Å². The Bertz CT molecular complexity index is 90.6. The molecule has 1 heteroatoms. The van der Waals surface area contributed by atoms with E-state index >= 15 is 0 Å². The molecule has 1 nitrogen and oxygen atoms in total. The lowest BCUT2D eigenvalue weighted by Gasteiger charge is -2.37. The van der Waals surface area contributed by atoms with Gasteiger partial charge in [0.2, 0.25) is 0 Å². The molecule has 0 N–H and O–H groups in total. The first-order chi connectivity index (χ1) is 3.86. The average molecular weight is 111 g/mol. The molecule has 2 fully saturated rings. The Morgan fingerprint density at radius 1 is 1.25 bits per heavy atom. The zero-order chi connectivity index (χ0) is 5.56. The van der Waals surface area contributed by atoms with Crippen LogP contribution in [0, 0.1) is 5.92 Å². The van der Waals surface area contributed by atoms with Crippen molar-refractivity contribution in [3.63, 3.8) is 0 Å². The van der Waals surface area contributed by atoms with E-state index in [0.29, 0.717) is 0 Å². The molecule has 1 aliphatic carbocycles. The van der Waals surface area contributed by atoms with Crippen molar-refractivity contribution in [3.05, 3.63) is 0 Å². The van der Waals surface area contributed by atoms with E-state index in [2.05, 4.69) is 11.8 Å². The summed E-state index contributed by atoms with van der Waals surface area (Å²) < 4.78 is 0. The third-order valence-electron chi connectivity index (χ3n) is 2.16. The lowest BCUT2D eigenvalue weighted by atomic mass is 10.0. The van der Waals surface area contributed by atoms with Crippen LogP contribution in [0.25, 0.3) is 0 Å². The molecule has 1 aliphatic heterocycles. The fourth-order valence-electron chi connectivity index (χ4n) is 1.49. The van der Waals surface area contributed by atoms with E-state index in [-0.39, 0.29) is 0 Å². The SMILES string of the molecule is CC1CN(C2CC2)C1. The highest BCUT2D eigenvalue weighted by atomic mass is 15.2. The van der Waals surface area contributed by atoms with E-state index < -0.39 is 0 Å². The van der Waals surface area contributed by atoms with Gasteiger partial charge in [0.25, 0.3) is 0 Å². The molecule has 2 aliphatic rings. The molecule has 0 aromatic rings. The van der Waals surface area contributed by atoms with Gasteiger partial charge < -0.3 is 0 Å². The van der Waals surface area contributed by atoms with E-state index in [4.69, 9.17) is 0 Å². The van der Waals surface area contributed by atoms with Crippen LogP contribution < -0.4 is 0 Å². The van der Waals surface area contributed by atoms with Crippen LogP contribution in [-0.2, 0) is 0 Å². The van der Waals surface area contributed by atoms with Crippen molar-refractivity contribution in [2.24, 2.45) is 5.92 Å². The molecule has 0 unspecified atom stereocenters. The van der Waals surface area contributed by atoms with Gasteiger partial charge in [0.1, 0.15) is 0 Å². The molecule has 0 atom stereocenters. The molecule has 1 saturated carbocycles. The van der Waals surface area contributed by atoms with Gasteiger partial charge in [-0.1, -0.05) is 6.92 Å². The van der Waals surface area contributed by atoms with E-state index in [9.17, 15) is 0 Å². The highest BCUT2D eigenvalue weighted by Crippen LogP contribution is 2.32. The summed E-state index contributed by atoms with van der Waals surface area (Å²) in [4.78, 5) is 2.60. The van der Waals surface area contributed by atoms with Crippen molar-refractivity contribution in [2.45, 2.75) is 25.8 Å². The van der Waals surface area contributed by atoms with Crippen molar-refractivity contribution < 1.29 is 0 Å². The molecule has 0 spiro atoms. The Morgan fingerprint density at radius 3 is 2.25 bits per heavy atom.